The molecule has 4 rings (SSSR count). The first-order valence-electron chi connectivity index (χ1n) is 11.8. The molecule has 0 unspecified atom stereocenters. The Labute approximate surface area is 226 Å². The van der Waals surface area contributed by atoms with Gasteiger partial charge in [0.25, 0.3) is 11.8 Å². The second-order valence-corrected chi connectivity index (χ2v) is 9.32. The summed E-state index contributed by atoms with van der Waals surface area (Å²) in [6.07, 6.45) is 5.20. The monoisotopic (exact) mass is 556 g/mol. The zero-order valence-electron chi connectivity index (χ0n) is 20.9. The second-order valence-electron chi connectivity index (χ2n) is 8.24. The van der Waals surface area contributed by atoms with Crippen molar-refractivity contribution in [3.8, 4) is 5.75 Å². The summed E-state index contributed by atoms with van der Waals surface area (Å²) >= 11 is 1.21. The zero-order chi connectivity index (χ0) is 27.9. The summed E-state index contributed by atoms with van der Waals surface area (Å²) in [5.41, 5.74) is 12.0. The van der Waals surface area contributed by atoms with Crippen molar-refractivity contribution >= 4 is 50.7 Å². The molecule has 0 bridgehead atoms. The van der Waals surface area contributed by atoms with Gasteiger partial charge >= 0.3 is 6.61 Å². The molecule has 39 heavy (non-hydrogen) atoms. The SMILES string of the molecule is CN=CC(NC(=O)C(=CN)c1ncccn1)=C(N)c1cc2sc(C(=O)N3CCNCC3)cc2cc1OC(F)F. The highest BCUT2D eigenvalue weighted by atomic mass is 32.1. The number of carbonyl (C=O) groups excluding carboxylic acids is 2. The number of rotatable bonds is 8. The minimum absolute atomic E-state index is 0.00456. The van der Waals surface area contributed by atoms with Crippen molar-refractivity contribution < 1.29 is 23.1 Å². The minimum atomic E-state index is -3.14. The number of piperazine rings is 1. The number of thiophene rings is 1. The molecule has 1 saturated heterocycles. The van der Waals surface area contributed by atoms with Gasteiger partial charge in [0.05, 0.1) is 21.8 Å². The van der Waals surface area contributed by atoms with E-state index < -0.39 is 12.5 Å². The van der Waals surface area contributed by atoms with E-state index in [1.807, 2.05) is 0 Å². The van der Waals surface area contributed by atoms with Gasteiger partial charge in [-0.2, -0.15) is 8.78 Å². The van der Waals surface area contributed by atoms with E-state index in [-0.39, 0.29) is 40.0 Å². The van der Waals surface area contributed by atoms with Crippen LogP contribution < -0.4 is 26.8 Å². The Balaban J connectivity index is 1.74. The quantitative estimate of drug-likeness (QED) is 0.241. The second kappa shape index (κ2) is 12.4. The number of amides is 2. The molecule has 6 N–H and O–H groups in total. The highest BCUT2D eigenvalue weighted by Crippen LogP contribution is 2.36. The maximum Gasteiger partial charge on any atom is 0.387 e. The molecule has 3 heterocycles. The zero-order valence-corrected chi connectivity index (χ0v) is 21.7. The van der Waals surface area contributed by atoms with E-state index in [4.69, 9.17) is 16.2 Å². The van der Waals surface area contributed by atoms with Crippen molar-refractivity contribution in [2.24, 2.45) is 16.5 Å². The van der Waals surface area contributed by atoms with E-state index >= 15 is 0 Å². The predicted octanol–water partition coefficient (Wildman–Crippen LogP) is 1.78. The van der Waals surface area contributed by atoms with Crippen LogP contribution in [0.2, 0.25) is 0 Å². The molecule has 1 fully saturated rings. The van der Waals surface area contributed by atoms with Crippen molar-refractivity contribution in [3.05, 3.63) is 64.8 Å². The molecule has 11 nitrogen and oxygen atoms in total. The van der Waals surface area contributed by atoms with Crippen LogP contribution in [0.3, 0.4) is 0 Å². The summed E-state index contributed by atoms with van der Waals surface area (Å²) in [6.45, 7) is -0.617. The first kappa shape index (κ1) is 27.6. The third-order valence-corrected chi connectivity index (χ3v) is 6.84. The Kier molecular flexibility index (Phi) is 8.78. The van der Waals surface area contributed by atoms with Gasteiger partial charge in [0.15, 0.2) is 5.82 Å². The van der Waals surface area contributed by atoms with Gasteiger partial charge in [-0.15, -0.1) is 11.3 Å². The molecule has 3 aromatic rings. The average Bonchev–Trinajstić information content (AvgIpc) is 3.35. The fraction of sp³-hybridized carbons (Fsp3) is 0.240. The van der Waals surface area contributed by atoms with Gasteiger partial charge < -0.3 is 31.7 Å². The van der Waals surface area contributed by atoms with E-state index in [9.17, 15) is 18.4 Å². The molecule has 1 aliphatic heterocycles. The van der Waals surface area contributed by atoms with Crippen LogP contribution in [0.25, 0.3) is 21.4 Å². The fourth-order valence-corrected chi connectivity index (χ4v) is 4.97. The smallest absolute Gasteiger partial charge is 0.387 e. The van der Waals surface area contributed by atoms with Crippen LogP contribution in [0, 0.1) is 0 Å². The van der Waals surface area contributed by atoms with Gasteiger partial charge in [0.2, 0.25) is 0 Å². The summed E-state index contributed by atoms with van der Waals surface area (Å²) < 4.78 is 32.1. The molecule has 0 saturated carbocycles. The summed E-state index contributed by atoms with van der Waals surface area (Å²) in [6, 6.07) is 6.15. The average molecular weight is 557 g/mol. The normalized spacial score (nSPS) is 15.1. The topological polar surface area (TPSA) is 161 Å². The van der Waals surface area contributed by atoms with Crippen LogP contribution in [0.4, 0.5) is 8.78 Å². The summed E-state index contributed by atoms with van der Waals surface area (Å²) in [5.74, 6) is -0.994. The van der Waals surface area contributed by atoms with Gasteiger partial charge in [-0.1, -0.05) is 0 Å². The Hall–Kier alpha value is -4.43. The number of nitrogens with zero attached hydrogens (tertiary/aromatic N) is 4. The Morgan fingerprint density at radius 3 is 2.59 bits per heavy atom. The lowest BCUT2D eigenvalue weighted by Crippen LogP contribution is -2.46. The molecule has 204 valence electrons. The number of hydrogen-bond donors (Lipinski definition) is 4. The van der Waals surface area contributed by atoms with Crippen LogP contribution in [-0.4, -0.2) is 72.7 Å². The lowest BCUT2D eigenvalue weighted by molar-refractivity contribution is -0.114. The number of aromatic nitrogens is 2. The number of allylic oxidation sites excluding steroid dienone is 1. The number of ether oxygens (including phenoxy) is 1. The molecular formula is C25H26F2N8O3S. The Morgan fingerprint density at radius 1 is 1.23 bits per heavy atom. The first-order valence-corrected chi connectivity index (χ1v) is 12.6. The van der Waals surface area contributed by atoms with E-state index in [1.54, 1.807) is 17.0 Å². The Morgan fingerprint density at radius 2 is 1.95 bits per heavy atom. The number of nitrogens with one attached hydrogen (secondary N) is 2. The van der Waals surface area contributed by atoms with Crippen molar-refractivity contribution in [1.82, 2.24) is 25.5 Å². The van der Waals surface area contributed by atoms with Crippen molar-refractivity contribution in [3.63, 3.8) is 0 Å². The lowest BCUT2D eigenvalue weighted by Gasteiger charge is -2.26. The van der Waals surface area contributed by atoms with Gasteiger partial charge in [-0.25, -0.2) is 9.97 Å². The van der Waals surface area contributed by atoms with Gasteiger partial charge in [-0.3, -0.25) is 14.6 Å². The number of fused-ring (bicyclic) bond motifs is 1. The predicted molar refractivity (Wildman–Crippen MR) is 145 cm³/mol. The molecule has 14 heteroatoms. The number of alkyl halides is 2. The standard InChI is InChI=1S/C25H26F2N8O3S/c1-30-13-17(34-23(36)16(12-28)22-32-3-2-4-33-22)21(29)15-11-19-14(9-18(15)38-25(26)27)10-20(39-19)24(37)35-7-5-31-6-8-35/h2-4,9-13,25,31H,5-8,28-29H2,1H3,(H,34,36). The molecule has 0 atom stereocenters. The van der Waals surface area contributed by atoms with Crippen LogP contribution in [0.15, 0.2) is 53.5 Å². The maximum absolute atomic E-state index is 13.4. The highest BCUT2D eigenvalue weighted by molar-refractivity contribution is 7.20. The number of hydrogen-bond acceptors (Lipinski definition) is 10. The minimum Gasteiger partial charge on any atom is -0.434 e. The first-order chi connectivity index (χ1) is 18.8. The number of halogens is 2. The van der Waals surface area contributed by atoms with Crippen LogP contribution in [0.5, 0.6) is 5.75 Å². The van der Waals surface area contributed by atoms with E-state index in [1.165, 1.54) is 49.1 Å². The van der Waals surface area contributed by atoms with Crippen molar-refractivity contribution in [2.75, 3.05) is 33.2 Å². The van der Waals surface area contributed by atoms with Crippen LogP contribution in [-0.2, 0) is 4.79 Å². The third-order valence-electron chi connectivity index (χ3n) is 5.75. The van der Waals surface area contributed by atoms with Crippen molar-refractivity contribution in [2.45, 2.75) is 6.61 Å². The molecule has 1 aliphatic rings. The fourth-order valence-electron chi connectivity index (χ4n) is 3.92. The molecule has 1 aromatic carbocycles. The number of nitrogens with two attached hydrogens (primary N) is 2. The van der Waals surface area contributed by atoms with Crippen LogP contribution in [0.1, 0.15) is 21.1 Å². The molecule has 0 aliphatic carbocycles. The van der Waals surface area contributed by atoms with Crippen LogP contribution >= 0.6 is 11.3 Å². The number of aliphatic imine (C=N–C) groups is 1. The largest absolute Gasteiger partial charge is 0.434 e. The number of carbonyl (C=O) groups is 2. The third kappa shape index (κ3) is 6.35. The molecular weight excluding hydrogens is 530 g/mol. The Bertz CT molecular complexity index is 1450. The lowest BCUT2D eigenvalue weighted by atomic mass is 10.1. The van der Waals surface area contributed by atoms with Gasteiger partial charge in [0, 0.05) is 68.3 Å². The van der Waals surface area contributed by atoms with Gasteiger partial charge in [0.1, 0.15) is 5.75 Å². The van der Waals surface area contributed by atoms with E-state index in [0.29, 0.717) is 41.1 Å². The molecule has 2 aromatic heterocycles. The van der Waals surface area contributed by atoms with E-state index in [2.05, 4.69) is 25.6 Å². The number of benzene rings is 1. The summed E-state index contributed by atoms with van der Waals surface area (Å²) in [7, 11) is 1.45. The van der Waals surface area contributed by atoms with Gasteiger partial charge in [-0.05, 0) is 29.7 Å². The molecule has 0 radical (unpaired) electrons. The van der Waals surface area contributed by atoms with Crippen molar-refractivity contribution in [1.29, 1.82) is 0 Å². The molecule has 0 spiro atoms. The summed E-state index contributed by atoms with van der Waals surface area (Å²) in [4.78, 5) is 40.2. The van der Waals surface area contributed by atoms with E-state index in [0.717, 1.165) is 6.20 Å². The maximum atomic E-state index is 13.4. The summed E-state index contributed by atoms with van der Waals surface area (Å²) in [5, 5.41) is 6.32. The molecule has 2 amide bonds. The highest BCUT2D eigenvalue weighted by Gasteiger charge is 2.23.